The van der Waals surface area contributed by atoms with Gasteiger partial charge in [0.1, 0.15) is 5.69 Å². The Kier molecular flexibility index (Phi) is 4.54. The molecule has 0 aliphatic rings. The topological polar surface area (TPSA) is 72.9 Å². The average molecular weight is 238 g/mol. The second kappa shape index (κ2) is 5.70. The molecule has 17 heavy (non-hydrogen) atoms. The van der Waals surface area contributed by atoms with Gasteiger partial charge in [0.2, 0.25) is 0 Å². The maximum atomic E-state index is 12.0. The summed E-state index contributed by atoms with van der Waals surface area (Å²) in [6.45, 7) is 6.84. The predicted octanol–water partition coefficient (Wildman–Crippen LogP) is 1.34. The number of carbonyl (C=O) groups is 1. The number of rotatable bonds is 5. The Hall–Kier alpha value is -1.52. The van der Waals surface area contributed by atoms with Crippen molar-refractivity contribution in [1.29, 1.82) is 0 Å². The van der Waals surface area contributed by atoms with E-state index in [1.54, 1.807) is 11.7 Å². The van der Waals surface area contributed by atoms with Crippen LogP contribution in [0, 0.1) is 5.92 Å². The summed E-state index contributed by atoms with van der Waals surface area (Å²) in [6, 6.07) is 0. The van der Waals surface area contributed by atoms with E-state index in [-0.39, 0.29) is 5.91 Å². The molecule has 5 nitrogen and oxygen atoms in total. The second-order valence-electron chi connectivity index (χ2n) is 4.41. The standard InChI is InChI=1S/C12H22N4O/c1-5-8(3)7-14-12(17)11-10(13)9(6-2)15-16(11)4/h8H,5-7,13H2,1-4H3,(H,14,17). The Morgan fingerprint density at radius 3 is 2.65 bits per heavy atom. The van der Waals surface area contributed by atoms with Gasteiger partial charge >= 0.3 is 0 Å². The summed E-state index contributed by atoms with van der Waals surface area (Å²) in [5.74, 6) is 0.330. The number of nitrogens with two attached hydrogens (primary N) is 1. The van der Waals surface area contributed by atoms with Crippen LogP contribution in [0.2, 0.25) is 0 Å². The molecule has 1 unspecified atom stereocenters. The van der Waals surface area contributed by atoms with Gasteiger partial charge in [-0.1, -0.05) is 27.2 Å². The molecule has 0 fully saturated rings. The molecular formula is C12H22N4O. The largest absolute Gasteiger partial charge is 0.395 e. The molecule has 3 N–H and O–H groups in total. The van der Waals surface area contributed by atoms with Gasteiger partial charge in [-0.05, 0) is 12.3 Å². The van der Waals surface area contributed by atoms with E-state index in [0.717, 1.165) is 18.5 Å². The number of aryl methyl sites for hydroxylation is 2. The Morgan fingerprint density at radius 2 is 2.18 bits per heavy atom. The molecule has 1 atom stereocenters. The van der Waals surface area contributed by atoms with Crippen molar-refractivity contribution in [2.24, 2.45) is 13.0 Å². The van der Waals surface area contributed by atoms with Crippen LogP contribution in [-0.4, -0.2) is 22.2 Å². The molecule has 0 saturated carbocycles. The molecule has 1 amide bonds. The van der Waals surface area contributed by atoms with E-state index in [4.69, 9.17) is 5.73 Å². The van der Waals surface area contributed by atoms with Gasteiger partial charge in [-0.3, -0.25) is 9.48 Å². The minimum Gasteiger partial charge on any atom is -0.395 e. The number of hydrogen-bond acceptors (Lipinski definition) is 3. The minimum atomic E-state index is -0.141. The fourth-order valence-electron chi connectivity index (χ4n) is 1.62. The zero-order valence-electron chi connectivity index (χ0n) is 11.1. The van der Waals surface area contributed by atoms with Crippen molar-refractivity contribution in [3.8, 4) is 0 Å². The van der Waals surface area contributed by atoms with Crippen LogP contribution < -0.4 is 11.1 Å². The van der Waals surface area contributed by atoms with Crippen molar-refractivity contribution in [2.45, 2.75) is 33.6 Å². The van der Waals surface area contributed by atoms with Gasteiger partial charge in [-0.15, -0.1) is 0 Å². The third-order valence-electron chi connectivity index (χ3n) is 3.02. The first-order chi connectivity index (χ1) is 8.01. The van der Waals surface area contributed by atoms with Crippen LogP contribution in [0.25, 0.3) is 0 Å². The fourth-order valence-corrected chi connectivity index (χ4v) is 1.62. The normalized spacial score (nSPS) is 12.5. The smallest absolute Gasteiger partial charge is 0.271 e. The number of carbonyl (C=O) groups excluding carboxylic acids is 1. The average Bonchev–Trinajstić information content (AvgIpc) is 2.60. The molecule has 0 bridgehead atoms. The summed E-state index contributed by atoms with van der Waals surface area (Å²) in [5, 5.41) is 7.12. The van der Waals surface area contributed by atoms with Crippen LogP contribution in [0.5, 0.6) is 0 Å². The Morgan fingerprint density at radius 1 is 1.53 bits per heavy atom. The summed E-state index contributed by atoms with van der Waals surface area (Å²) >= 11 is 0. The van der Waals surface area contributed by atoms with Crippen molar-refractivity contribution in [3.63, 3.8) is 0 Å². The molecule has 1 heterocycles. The third-order valence-corrected chi connectivity index (χ3v) is 3.02. The number of anilines is 1. The molecule has 0 aromatic carbocycles. The summed E-state index contributed by atoms with van der Waals surface area (Å²) in [4.78, 5) is 12.0. The van der Waals surface area contributed by atoms with Crippen LogP contribution in [0.4, 0.5) is 5.69 Å². The SMILES string of the molecule is CCc1nn(C)c(C(=O)NCC(C)CC)c1N. The van der Waals surface area contributed by atoms with Crippen LogP contribution in [0.15, 0.2) is 0 Å². The molecule has 0 spiro atoms. The van der Waals surface area contributed by atoms with Crippen LogP contribution in [0.1, 0.15) is 43.4 Å². The predicted molar refractivity (Wildman–Crippen MR) is 68.8 cm³/mol. The lowest BCUT2D eigenvalue weighted by Gasteiger charge is -2.10. The lowest BCUT2D eigenvalue weighted by molar-refractivity contribution is 0.0939. The molecule has 96 valence electrons. The third kappa shape index (κ3) is 2.99. The molecule has 0 aliphatic carbocycles. The zero-order valence-corrected chi connectivity index (χ0v) is 11.1. The highest BCUT2D eigenvalue weighted by Crippen LogP contribution is 2.16. The molecular weight excluding hydrogens is 216 g/mol. The van der Waals surface area contributed by atoms with Crippen LogP contribution in [-0.2, 0) is 13.5 Å². The van der Waals surface area contributed by atoms with E-state index in [0.29, 0.717) is 23.8 Å². The Bertz CT molecular complexity index is 397. The van der Waals surface area contributed by atoms with Gasteiger partial charge < -0.3 is 11.1 Å². The number of nitrogens with one attached hydrogen (secondary N) is 1. The molecule has 1 aromatic heterocycles. The lowest BCUT2D eigenvalue weighted by atomic mass is 10.1. The summed E-state index contributed by atoms with van der Waals surface area (Å²) in [6.07, 6.45) is 1.78. The van der Waals surface area contributed by atoms with Crippen molar-refractivity contribution < 1.29 is 4.79 Å². The minimum absolute atomic E-state index is 0.141. The maximum Gasteiger partial charge on any atom is 0.271 e. The van der Waals surface area contributed by atoms with Crippen LogP contribution in [0.3, 0.4) is 0 Å². The first kappa shape index (κ1) is 13.5. The molecule has 0 aliphatic heterocycles. The molecule has 0 saturated heterocycles. The highest BCUT2D eigenvalue weighted by Gasteiger charge is 2.18. The number of hydrogen-bond donors (Lipinski definition) is 2. The van der Waals surface area contributed by atoms with Gasteiger partial charge in [0.05, 0.1) is 11.4 Å². The summed E-state index contributed by atoms with van der Waals surface area (Å²) < 4.78 is 1.56. The van der Waals surface area contributed by atoms with Crippen molar-refractivity contribution >= 4 is 11.6 Å². The number of nitrogen functional groups attached to an aromatic ring is 1. The van der Waals surface area contributed by atoms with E-state index in [1.165, 1.54) is 0 Å². The van der Waals surface area contributed by atoms with E-state index < -0.39 is 0 Å². The quantitative estimate of drug-likeness (QED) is 0.813. The number of aromatic nitrogens is 2. The van der Waals surface area contributed by atoms with Crippen molar-refractivity contribution in [3.05, 3.63) is 11.4 Å². The highest BCUT2D eigenvalue weighted by atomic mass is 16.2. The molecule has 1 rings (SSSR count). The number of nitrogens with zero attached hydrogens (tertiary/aromatic N) is 2. The monoisotopic (exact) mass is 238 g/mol. The van der Waals surface area contributed by atoms with Gasteiger partial charge in [0.15, 0.2) is 0 Å². The molecule has 1 aromatic rings. The Balaban J connectivity index is 2.78. The molecule has 0 radical (unpaired) electrons. The number of amides is 1. The maximum absolute atomic E-state index is 12.0. The first-order valence-corrected chi connectivity index (χ1v) is 6.10. The lowest BCUT2D eigenvalue weighted by Crippen LogP contribution is -2.30. The summed E-state index contributed by atoms with van der Waals surface area (Å²) in [7, 11) is 1.74. The summed E-state index contributed by atoms with van der Waals surface area (Å²) in [5.41, 5.74) is 7.65. The van der Waals surface area contributed by atoms with Crippen molar-refractivity contribution in [2.75, 3.05) is 12.3 Å². The van der Waals surface area contributed by atoms with Crippen molar-refractivity contribution in [1.82, 2.24) is 15.1 Å². The fraction of sp³-hybridized carbons (Fsp3) is 0.667. The molecule has 5 heteroatoms. The van der Waals surface area contributed by atoms with Crippen LogP contribution >= 0.6 is 0 Å². The Labute approximate surface area is 102 Å². The van der Waals surface area contributed by atoms with E-state index in [1.807, 2.05) is 6.92 Å². The van der Waals surface area contributed by atoms with Gasteiger partial charge in [0.25, 0.3) is 5.91 Å². The highest BCUT2D eigenvalue weighted by molar-refractivity contribution is 5.97. The zero-order chi connectivity index (χ0) is 13.0. The van der Waals surface area contributed by atoms with E-state index >= 15 is 0 Å². The van der Waals surface area contributed by atoms with Gasteiger partial charge in [-0.2, -0.15) is 5.10 Å². The van der Waals surface area contributed by atoms with Gasteiger partial charge in [0, 0.05) is 13.6 Å². The first-order valence-electron chi connectivity index (χ1n) is 6.10. The van der Waals surface area contributed by atoms with Gasteiger partial charge in [-0.25, -0.2) is 0 Å². The van der Waals surface area contributed by atoms with E-state index in [2.05, 4.69) is 24.3 Å². The second-order valence-corrected chi connectivity index (χ2v) is 4.41. The van der Waals surface area contributed by atoms with E-state index in [9.17, 15) is 4.79 Å².